The summed E-state index contributed by atoms with van der Waals surface area (Å²) in [6, 6.07) is 25.4. The van der Waals surface area contributed by atoms with Crippen molar-refractivity contribution >= 4 is 11.8 Å². The van der Waals surface area contributed by atoms with Gasteiger partial charge in [-0.05, 0) is 54.5 Å². The minimum atomic E-state index is -0.641. The van der Waals surface area contributed by atoms with E-state index in [1.807, 2.05) is 79.7 Å². The molecule has 0 heterocycles. The van der Waals surface area contributed by atoms with Crippen molar-refractivity contribution in [3.05, 3.63) is 101 Å². The van der Waals surface area contributed by atoms with Crippen LogP contribution in [0.25, 0.3) is 0 Å². The van der Waals surface area contributed by atoms with E-state index < -0.39 is 6.04 Å². The minimum absolute atomic E-state index is 0.0944. The van der Waals surface area contributed by atoms with Gasteiger partial charge in [0.05, 0.1) is 0 Å². The van der Waals surface area contributed by atoms with Gasteiger partial charge in [0.25, 0.3) is 5.91 Å². The first-order chi connectivity index (χ1) is 18.4. The fourth-order valence-electron chi connectivity index (χ4n) is 5.11. The van der Waals surface area contributed by atoms with Crippen LogP contribution in [0.2, 0.25) is 0 Å². The van der Waals surface area contributed by atoms with Gasteiger partial charge in [-0.15, -0.1) is 0 Å². The maximum absolute atomic E-state index is 13.8. The molecule has 1 N–H and O–H groups in total. The summed E-state index contributed by atoms with van der Waals surface area (Å²) in [4.78, 5) is 29.2. The monoisotopic (exact) mass is 512 g/mol. The van der Waals surface area contributed by atoms with Crippen LogP contribution in [0.4, 0.5) is 0 Å². The topological polar surface area (TPSA) is 58.6 Å². The maximum Gasteiger partial charge on any atom is 0.261 e. The van der Waals surface area contributed by atoms with E-state index in [0.29, 0.717) is 24.6 Å². The molecule has 3 aromatic rings. The molecule has 5 nitrogen and oxygen atoms in total. The highest BCUT2D eigenvalue weighted by Gasteiger charge is 2.32. The van der Waals surface area contributed by atoms with Gasteiger partial charge in [0.15, 0.2) is 6.61 Å². The summed E-state index contributed by atoms with van der Waals surface area (Å²) in [5, 5.41) is 3.25. The van der Waals surface area contributed by atoms with Gasteiger partial charge in [0.1, 0.15) is 11.8 Å². The van der Waals surface area contributed by atoms with E-state index in [1.165, 1.54) is 5.56 Å². The molecule has 200 valence electrons. The molecule has 1 saturated carbocycles. The van der Waals surface area contributed by atoms with Crippen molar-refractivity contribution in [2.24, 2.45) is 0 Å². The Morgan fingerprint density at radius 3 is 2.26 bits per heavy atom. The minimum Gasteiger partial charge on any atom is -0.484 e. The molecule has 0 spiro atoms. The Hall–Kier alpha value is -3.60. The van der Waals surface area contributed by atoms with Crippen LogP contribution in [0, 0.1) is 6.92 Å². The SMILES string of the molecule is Cc1cccc(CN(C(=O)COc2ccc(C(C)C)cc2)[C@H](Cc2ccccc2)C(=O)NC2CCCC2)c1. The summed E-state index contributed by atoms with van der Waals surface area (Å²) in [5.41, 5.74) is 4.35. The van der Waals surface area contributed by atoms with E-state index in [2.05, 4.69) is 25.2 Å². The van der Waals surface area contributed by atoms with Crippen LogP contribution in [0.15, 0.2) is 78.9 Å². The van der Waals surface area contributed by atoms with Crippen LogP contribution in [-0.2, 0) is 22.6 Å². The first-order valence-electron chi connectivity index (χ1n) is 13.8. The van der Waals surface area contributed by atoms with E-state index in [0.717, 1.165) is 42.4 Å². The highest BCUT2D eigenvalue weighted by molar-refractivity contribution is 5.88. The standard InChI is InChI=1S/C33H40N2O3/c1-24(2)28-16-18-30(19-17-28)38-23-32(36)35(22-27-13-9-10-25(3)20-27)31(21-26-11-5-4-6-12-26)33(37)34-29-14-7-8-15-29/h4-6,9-13,16-20,24,29,31H,7-8,14-15,21-23H2,1-3H3,(H,34,37)/t31-/m1/s1. The van der Waals surface area contributed by atoms with Crippen LogP contribution in [0.5, 0.6) is 5.75 Å². The molecular formula is C33H40N2O3. The molecule has 5 heteroatoms. The Labute approximate surface area is 227 Å². The Morgan fingerprint density at radius 2 is 1.61 bits per heavy atom. The second-order valence-electron chi connectivity index (χ2n) is 10.7. The predicted octanol–water partition coefficient (Wildman–Crippen LogP) is 6.20. The second kappa shape index (κ2) is 13.3. The van der Waals surface area contributed by atoms with Gasteiger partial charge < -0.3 is 15.0 Å². The number of nitrogens with zero attached hydrogens (tertiary/aromatic N) is 1. The van der Waals surface area contributed by atoms with Crippen molar-refractivity contribution < 1.29 is 14.3 Å². The average Bonchev–Trinajstić information content (AvgIpc) is 3.43. The molecule has 0 radical (unpaired) electrons. The van der Waals surface area contributed by atoms with Crippen LogP contribution < -0.4 is 10.1 Å². The Morgan fingerprint density at radius 1 is 0.921 bits per heavy atom. The Balaban J connectivity index is 1.59. The quantitative estimate of drug-likeness (QED) is 0.333. The van der Waals surface area contributed by atoms with E-state index in [4.69, 9.17) is 4.74 Å². The number of carbonyl (C=O) groups is 2. The van der Waals surface area contributed by atoms with Crippen molar-refractivity contribution in [3.8, 4) is 5.75 Å². The number of hydrogen-bond donors (Lipinski definition) is 1. The van der Waals surface area contributed by atoms with Gasteiger partial charge in [-0.3, -0.25) is 9.59 Å². The molecule has 0 aliphatic heterocycles. The van der Waals surface area contributed by atoms with Crippen molar-refractivity contribution in [3.63, 3.8) is 0 Å². The summed E-state index contributed by atoms with van der Waals surface area (Å²) in [6.07, 6.45) is 4.68. The number of hydrogen-bond acceptors (Lipinski definition) is 3. The molecule has 0 aromatic heterocycles. The summed E-state index contributed by atoms with van der Waals surface area (Å²) in [6.45, 7) is 6.53. The third kappa shape index (κ3) is 7.70. The van der Waals surface area contributed by atoms with Crippen molar-refractivity contribution in [2.45, 2.75) is 77.4 Å². The molecule has 3 aromatic carbocycles. The highest BCUT2D eigenvalue weighted by atomic mass is 16.5. The van der Waals surface area contributed by atoms with Crippen LogP contribution in [-0.4, -0.2) is 35.4 Å². The molecule has 1 atom stereocenters. The number of aryl methyl sites for hydroxylation is 1. The number of ether oxygens (including phenoxy) is 1. The first kappa shape index (κ1) is 27.4. The maximum atomic E-state index is 13.8. The third-order valence-corrected chi connectivity index (χ3v) is 7.32. The van der Waals surface area contributed by atoms with Gasteiger partial charge in [-0.1, -0.05) is 99.0 Å². The lowest BCUT2D eigenvalue weighted by atomic mass is 10.0. The normalized spacial score (nSPS) is 14.3. The van der Waals surface area contributed by atoms with Gasteiger partial charge in [-0.2, -0.15) is 0 Å². The van der Waals surface area contributed by atoms with E-state index in [1.54, 1.807) is 4.90 Å². The van der Waals surface area contributed by atoms with Gasteiger partial charge in [0, 0.05) is 19.0 Å². The molecular weight excluding hydrogens is 472 g/mol. The number of nitrogens with one attached hydrogen (secondary N) is 1. The lowest BCUT2D eigenvalue weighted by Gasteiger charge is -2.32. The van der Waals surface area contributed by atoms with E-state index >= 15 is 0 Å². The first-order valence-corrected chi connectivity index (χ1v) is 13.8. The number of carbonyl (C=O) groups excluding carboxylic acids is 2. The molecule has 0 unspecified atom stereocenters. The Bertz CT molecular complexity index is 1180. The summed E-state index contributed by atoms with van der Waals surface area (Å²) < 4.78 is 5.94. The highest BCUT2D eigenvalue weighted by Crippen LogP contribution is 2.22. The number of amides is 2. The van der Waals surface area contributed by atoms with Gasteiger partial charge in [-0.25, -0.2) is 0 Å². The number of rotatable bonds is 11. The van der Waals surface area contributed by atoms with Gasteiger partial charge >= 0.3 is 0 Å². The van der Waals surface area contributed by atoms with Crippen LogP contribution in [0.1, 0.15) is 67.7 Å². The molecule has 1 aliphatic rings. The lowest BCUT2D eigenvalue weighted by molar-refractivity contribution is -0.143. The fraction of sp³-hybridized carbons (Fsp3) is 0.394. The molecule has 4 rings (SSSR count). The predicted molar refractivity (Wildman–Crippen MR) is 152 cm³/mol. The molecule has 1 aliphatic carbocycles. The molecule has 2 amide bonds. The van der Waals surface area contributed by atoms with E-state index in [9.17, 15) is 9.59 Å². The van der Waals surface area contributed by atoms with E-state index in [-0.39, 0.29) is 24.5 Å². The zero-order chi connectivity index (χ0) is 26.9. The zero-order valence-electron chi connectivity index (χ0n) is 22.9. The summed E-state index contributed by atoms with van der Waals surface area (Å²) in [7, 11) is 0. The zero-order valence-corrected chi connectivity index (χ0v) is 22.9. The summed E-state index contributed by atoms with van der Waals surface area (Å²) in [5.74, 6) is 0.769. The molecule has 1 fully saturated rings. The average molecular weight is 513 g/mol. The lowest BCUT2D eigenvalue weighted by Crippen LogP contribution is -2.53. The number of benzene rings is 3. The molecule has 0 saturated heterocycles. The molecule has 0 bridgehead atoms. The third-order valence-electron chi connectivity index (χ3n) is 7.32. The van der Waals surface area contributed by atoms with Crippen molar-refractivity contribution in [1.82, 2.24) is 10.2 Å². The van der Waals surface area contributed by atoms with Crippen LogP contribution >= 0.6 is 0 Å². The van der Waals surface area contributed by atoms with Gasteiger partial charge in [0.2, 0.25) is 5.91 Å². The molecule has 38 heavy (non-hydrogen) atoms. The smallest absolute Gasteiger partial charge is 0.261 e. The summed E-state index contributed by atoms with van der Waals surface area (Å²) >= 11 is 0. The van der Waals surface area contributed by atoms with Crippen LogP contribution in [0.3, 0.4) is 0 Å². The van der Waals surface area contributed by atoms with Crippen molar-refractivity contribution in [2.75, 3.05) is 6.61 Å². The largest absolute Gasteiger partial charge is 0.484 e. The fourth-order valence-corrected chi connectivity index (χ4v) is 5.11. The second-order valence-corrected chi connectivity index (χ2v) is 10.7. The Kier molecular flexibility index (Phi) is 9.58. The van der Waals surface area contributed by atoms with Crippen molar-refractivity contribution in [1.29, 1.82) is 0 Å².